The van der Waals surface area contributed by atoms with Crippen molar-refractivity contribution in [2.24, 2.45) is 29.6 Å². The fraction of sp³-hybridized carbons (Fsp3) is 0.812. The van der Waals surface area contributed by atoms with Crippen LogP contribution in [-0.2, 0) is 49.2 Å². The van der Waals surface area contributed by atoms with Crippen LogP contribution in [0.25, 0.3) is 0 Å². The van der Waals surface area contributed by atoms with Gasteiger partial charge in [0, 0.05) is 63.9 Å². The van der Waals surface area contributed by atoms with Gasteiger partial charge >= 0.3 is 5.97 Å². The van der Waals surface area contributed by atoms with E-state index in [1.165, 1.54) is 33.3 Å². The van der Waals surface area contributed by atoms with Crippen LogP contribution in [0.2, 0.25) is 0 Å². The van der Waals surface area contributed by atoms with Crippen LogP contribution in [0.3, 0.4) is 0 Å². The Morgan fingerprint density at radius 3 is 2.14 bits per heavy atom. The summed E-state index contributed by atoms with van der Waals surface area (Å²) in [6, 6.07) is 5.64. The average molecular weight is 911 g/mol. The number of methoxy groups -OCH3 is 2. The molecule has 0 aliphatic carbocycles. The van der Waals surface area contributed by atoms with Crippen LogP contribution in [0.1, 0.15) is 107 Å². The summed E-state index contributed by atoms with van der Waals surface area (Å²) in [4.78, 5) is 43.5. The molecule has 1 aromatic rings. The van der Waals surface area contributed by atoms with E-state index in [9.17, 15) is 39.2 Å². The van der Waals surface area contributed by atoms with Crippen molar-refractivity contribution in [1.29, 1.82) is 0 Å². The first-order chi connectivity index (χ1) is 29.8. The van der Waals surface area contributed by atoms with Crippen molar-refractivity contribution in [2.75, 3.05) is 34.4 Å². The molecule has 3 heterocycles. The van der Waals surface area contributed by atoms with Crippen molar-refractivity contribution in [3.05, 3.63) is 35.6 Å². The number of Topliss-reactive ketones (excluding diaryl/α,β-unsaturated/α-hetero) is 1. The second kappa shape index (κ2) is 22.4. The van der Waals surface area contributed by atoms with Gasteiger partial charge in [0.1, 0.15) is 35.5 Å². The number of carbonyl (C=O) groups excluding carboxylic acids is 3. The summed E-state index contributed by atoms with van der Waals surface area (Å²) in [5.74, 6) is -5.65. The molecule has 3 saturated heterocycles. The number of rotatable bonds is 13. The number of carbonyl (C=O) groups is 3. The Bertz CT molecular complexity index is 1690. The maximum atomic E-state index is 14.5. The summed E-state index contributed by atoms with van der Waals surface area (Å²) in [5, 5.41) is 49.7. The number of halogens is 1. The number of hydrogen-bond donors (Lipinski definition) is 5. The highest BCUT2D eigenvalue weighted by molar-refractivity contribution is 5.83. The molecule has 366 valence electrons. The molecule has 0 saturated carbocycles. The molecular weight excluding hydrogens is 832 g/mol. The van der Waals surface area contributed by atoms with Crippen molar-refractivity contribution in [3.63, 3.8) is 0 Å². The fourth-order valence-electron chi connectivity index (χ4n) is 10.6. The normalized spacial score (nSPS) is 41.9. The van der Waals surface area contributed by atoms with Crippen molar-refractivity contribution < 1.29 is 67.6 Å². The molecule has 3 aliphatic heterocycles. The van der Waals surface area contributed by atoms with Crippen LogP contribution in [0.5, 0.6) is 0 Å². The minimum atomic E-state index is -1.99. The molecule has 5 N–H and O–H groups in total. The highest BCUT2D eigenvalue weighted by Crippen LogP contribution is 2.46. The zero-order valence-electron chi connectivity index (χ0n) is 40.4. The number of aliphatic hydroxyl groups excluding tert-OH is 3. The maximum Gasteiger partial charge on any atom is 0.309 e. The molecule has 3 fully saturated rings. The first-order valence-corrected chi connectivity index (χ1v) is 23.1. The molecule has 18 atom stereocenters. The third kappa shape index (κ3) is 12.3. The van der Waals surface area contributed by atoms with Crippen molar-refractivity contribution >= 4 is 17.7 Å². The predicted octanol–water partition coefficient (Wildman–Crippen LogP) is 3.97. The number of amides is 1. The fourth-order valence-corrected chi connectivity index (χ4v) is 10.6. The Labute approximate surface area is 380 Å². The van der Waals surface area contributed by atoms with Gasteiger partial charge in [-0.2, -0.15) is 0 Å². The molecular formula is C48H79FN2O13. The van der Waals surface area contributed by atoms with E-state index in [0.29, 0.717) is 25.9 Å². The summed E-state index contributed by atoms with van der Waals surface area (Å²) in [6.45, 7) is 17.9. The van der Waals surface area contributed by atoms with Gasteiger partial charge in [0.25, 0.3) is 0 Å². The zero-order valence-corrected chi connectivity index (χ0v) is 40.4. The van der Waals surface area contributed by atoms with E-state index in [1.54, 1.807) is 60.6 Å². The Kier molecular flexibility index (Phi) is 18.9. The minimum Gasteiger partial charge on any atom is -0.459 e. The third-order valence-corrected chi connectivity index (χ3v) is 14.9. The number of benzene rings is 1. The smallest absolute Gasteiger partial charge is 0.309 e. The molecule has 1 amide bonds. The number of esters is 1. The Hall–Kier alpha value is -2.64. The number of ketones is 1. The first-order valence-electron chi connectivity index (χ1n) is 23.1. The number of nitrogens with zero attached hydrogens (tertiary/aromatic N) is 1. The molecule has 0 aromatic heterocycles. The topological polar surface area (TPSA) is 203 Å². The monoisotopic (exact) mass is 911 g/mol. The number of nitrogens with one attached hydrogen (secondary N) is 1. The Morgan fingerprint density at radius 1 is 0.922 bits per heavy atom. The standard InChI is InChI=1S/C48H79FN2O13/c1-14-36-48(10,58)41(55)30(6)39(53)26(2)24-47(9,60-13)43(28(4)38(29(5)44(57)63-36)35-25-46(8,59-12)42(56)31(7)62-35)64-45-40(54)34(23-27(3)61-45)51(11)22-20-37(52)50-21-19-32-15-17-33(49)18-16-32/h15-18,26-31,34-36,38,40-43,45,54-56,58H,14,19-25H2,1-13H3,(H,50,52)/t26-,27-,28+,29-,30+,31+,34+,35?,36-,38+,40-,41-,42+,43-,45+,46-,47-,48-/m1/s1. The minimum absolute atomic E-state index is 0.0771. The number of likely N-dealkylation sites (N-methyl/N-ethyl adjacent to an activating group) is 1. The number of cyclic esters (lactones) is 1. The van der Waals surface area contributed by atoms with E-state index in [0.717, 1.165) is 5.56 Å². The second-order valence-corrected chi connectivity index (χ2v) is 19.7. The van der Waals surface area contributed by atoms with E-state index in [2.05, 4.69) is 5.32 Å². The van der Waals surface area contributed by atoms with Gasteiger partial charge in [0.15, 0.2) is 6.29 Å². The van der Waals surface area contributed by atoms with E-state index < -0.39 is 114 Å². The van der Waals surface area contributed by atoms with Gasteiger partial charge < -0.3 is 59.1 Å². The predicted molar refractivity (Wildman–Crippen MR) is 236 cm³/mol. The second-order valence-electron chi connectivity index (χ2n) is 19.7. The highest BCUT2D eigenvalue weighted by Gasteiger charge is 2.56. The van der Waals surface area contributed by atoms with Gasteiger partial charge in [-0.25, -0.2) is 4.39 Å². The van der Waals surface area contributed by atoms with Crippen molar-refractivity contribution in [2.45, 2.75) is 186 Å². The highest BCUT2D eigenvalue weighted by atomic mass is 19.1. The first kappa shape index (κ1) is 54.0. The third-order valence-electron chi connectivity index (χ3n) is 14.9. The molecule has 15 nitrogen and oxygen atoms in total. The summed E-state index contributed by atoms with van der Waals surface area (Å²) in [5.41, 5.74) is -3.46. The summed E-state index contributed by atoms with van der Waals surface area (Å²) >= 11 is 0. The SMILES string of the molecule is CC[C@H]1OC(=O)[C@H](C)[C@@H](C2C[C@@](C)(OC)[C@@H](O)[C@H](C)O2)[C@H](C)[C@@H](O[C@@H]2O[C@H](C)C[C@H](N(C)CCC(=O)NCCc3ccc(F)cc3)[C@H]2O)[C@](C)(OC)C[C@@H](C)C(=O)[C@H](C)[C@@H](O)[C@]1(C)O. The summed E-state index contributed by atoms with van der Waals surface area (Å²) in [7, 11) is 4.84. The quantitative estimate of drug-likeness (QED) is 0.178. The average Bonchev–Trinajstić information content (AvgIpc) is 3.25. The lowest BCUT2D eigenvalue weighted by Crippen LogP contribution is -2.62. The van der Waals surface area contributed by atoms with Crippen LogP contribution in [0.15, 0.2) is 24.3 Å². The molecule has 0 bridgehead atoms. The van der Waals surface area contributed by atoms with E-state index in [1.807, 2.05) is 25.8 Å². The van der Waals surface area contributed by atoms with Gasteiger partial charge in [-0.05, 0) is 91.0 Å². The van der Waals surface area contributed by atoms with Crippen LogP contribution >= 0.6 is 0 Å². The van der Waals surface area contributed by atoms with Crippen LogP contribution < -0.4 is 5.32 Å². The maximum absolute atomic E-state index is 14.5. The van der Waals surface area contributed by atoms with Crippen LogP contribution in [-0.4, -0.2) is 155 Å². The van der Waals surface area contributed by atoms with E-state index in [4.69, 9.17) is 28.4 Å². The van der Waals surface area contributed by atoms with Crippen LogP contribution in [0.4, 0.5) is 4.39 Å². The van der Waals surface area contributed by atoms with E-state index >= 15 is 0 Å². The van der Waals surface area contributed by atoms with Gasteiger partial charge in [-0.3, -0.25) is 14.4 Å². The van der Waals surface area contributed by atoms with Gasteiger partial charge in [-0.15, -0.1) is 0 Å². The largest absolute Gasteiger partial charge is 0.459 e. The van der Waals surface area contributed by atoms with Gasteiger partial charge in [0.2, 0.25) is 5.91 Å². The van der Waals surface area contributed by atoms with Gasteiger partial charge in [-0.1, -0.05) is 46.8 Å². The molecule has 1 aromatic carbocycles. The van der Waals surface area contributed by atoms with Crippen molar-refractivity contribution in [1.82, 2.24) is 10.2 Å². The lowest BCUT2D eigenvalue weighted by atomic mass is 9.67. The molecule has 1 unspecified atom stereocenters. The summed E-state index contributed by atoms with van der Waals surface area (Å²) < 4.78 is 51.7. The van der Waals surface area contributed by atoms with Gasteiger partial charge in [0.05, 0.1) is 47.6 Å². The van der Waals surface area contributed by atoms with Crippen molar-refractivity contribution in [3.8, 4) is 0 Å². The Balaban J connectivity index is 1.72. The van der Waals surface area contributed by atoms with Crippen LogP contribution in [0, 0.1) is 35.4 Å². The number of hydrogen-bond acceptors (Lipinski definition) is 14. The summed E-state index contributed by atoms with van der Waals surface area (Å²) in [6.07, 6.45) is -7.52. The Morgan fingerprint density at radius 2 is 1.55 bits per heavy atom. The lowest BCUT2D eigenvalue weighted by Gasteiger charge is -2.52. The molecule has 16 heteroatoms. The molecule has 64 heavy (non-hydrogen) atoms. The molecule has 4 rings (SSSR count). The molecule has 3 aliphatic rings. The zero-order chi connectivity index (χ0) is 48.1. The molecule has 0 spiro atoms. The lowest BCUT2D eigenvalue weighted by molar-refractivity contribution is -0.305. The number of ether oxygens (including phenoxy) is 6. The number of aliphatic hydroxyl groups is 4. The van der Waals surface area contributed by atoms with E-state index in [-0.39, 0.29) is 43.2 Å². The molecule has 0 radical (unpaired) electrons.